The van der Waals surface area contributed by atoms with Gasteiger partial charge in [0.15, 0.2) is 0 Å². The van der Waals surface area contributed by atoms with Gasteiger partial charge in [-0.25, -0.2) is 4.79 Å². The van der Waals surface area contributed by atoms with E-state index in [4.69, 9.17) is 44.3 Å². The van der Waals surface area contributed by atoms with Crippen LogP contribution in [-0.2, 0) is 9.47 Å². The van der Waals surface area contributed by atoms with Crippen molar-refractivity contribution in [3.05, 3.63) is 63.1 Å². The molecule has 1 aliphatic rings. The minimum atomic E-state index is -4.75. The lowest BCUT2D eigenvalue weighted by Gasteiger charge is -2.35. The number of hydrogen-bond donors (Lipinski definition) is 1. The van der Waals surface area contributed by atoms with Crippen LogP contribution in [-0.4, -0.2) is 49.5 Å². The van der Waals surface area contributed by atoms with Gasteiger partial charge >= 0.3 is 12.3 Å². The van der Waals surface area contributed by atoms with Crippen molar-refractivity contribution in [3.63, 3.8) is 0 Å². The first-order chi connectivity index (χ1) is 14.6. The number of anilines is 1. The Bertz CT molecular complexity index is 893. The molecule has 0 aliphatic carbocycles. The monoisotopic (exact) mass is 496 g/mol. The molecule has 0 saturated carbocycles. The van der Waals surface area contributed by atoms with Crippen molar-refractivity contribution in [3.8, 4) is 0 Å². The molecule has 2 atom stereocenters. The molecule has 1 fully saturated rings. The fourth-order valence-corrected chi connectivity index (χ4v) is 3.75. The largest absolute Gasteiger partial charge is 0.435 e. The van der Waals surface area contributed by atoms with Gasteiger partial charge in [-0.05, 0) is 48.0 Å². The third-order valence-corrected chi connectivity index (χ3v) is 5.22. The number of rotatable bonds is 5. The van der Waals surface area contributed by atoms with Gasteiger partial charge in [-0.1, -0.05) is 34.8 Å². The Morgan fingerprint density at radius 1 is 1.13 bits per heavy atom. The van der Waals surface area contributed by atoms with Crippen LogP contribution in [0.25, 0.3) is 0 Å². The predicted octanol–water partition coefficient (Wildman–Crippen LogP) is 6.20. The zero-order valence-electron chi connectivity index (χ0n) is 16.0. The molecule has 0 spiro atoms. The van der Waals surface area contributed by atoms with E-state index in [1.807, 2.05) is 0 Å². The molecule has 0 radical (unpaired) electrons. The topological polar surface area (TPSA) is 50.8 Å². The normalized spacial score (nSPS) is 18.5. The number of amides is 1. The van der Waals surface area contributed by atoms with Gasteiger partial charge < -0.3 is 9.47 Å². The van der Waals surface area contributed by atoms with Crippen LogP contribution < -0.4 is 5.32 Å². The van der Waals surface area contributed by atoms with Gasteiger partial charge in [0.1, 0.15) is 0 Å². The maximum atomic E-state index is 13.5. The van der Waals surface area contributed by atoms with Crippen LogP contribution in [0, 0.1) is 0 Å². The number of nitrogens with zero attached hydrogens (tertiary/aromatic N) is 1. The lowest BCUT2D eigenvalue weighted by molar-refractivity contribution is -0.209. The molecule has 1 saturated heterocycles. The van der Waals surface area contributed by atoms with Crippen LogP contribution in [0.1, 0.15) is 11.7 Å². The molecular formula is C20H18Cl3F3N2O3. The highest BCUT2D eigenvalue weighted by atomic mass is 35.5. The first-order valence-corrected chi connectivity index (χ1v) is 10.3. The lowest BCUT2D eigenvalue weighted by atomic mass is 10.1. The van der Waals surface area contributed by atoms with E-state index >= 15 is 0 Å². The Morgan fingerprint density at radius 2 is 1.77 bits per heavy atom. The number of morpholine rings is 1. The number of nitrogens with one attached hydrogen (secondary N) is 1. The van der Waals surface area contributed by atoms with E-state index in [0.29, 0.717) is 20.6 Å². The lowest BCUT2D eigenvalue weighted by Crippen LogP contribution is -2.48. The smallest absolute Gasteiger partial charge is 0.426 e. The molecule has 11 heteroatoms. The molecule has 5 nitrogen and oxygen atoms in total. The molecule has 168 valence electrons. The summed E-state index contributed by atoms with van der Waals surface area (Å²) in [4.78, 5) is 13.5. The van der Waals surface area contributed by atoms with Crippen molar-refractivity contribution in [2.75, 3.05) is 31.6 Å². The third-order valence-electron chi connectivity index (χ3n) is 4.54. The summed E-state index contributed by atoms with van der Waals surface area (Å²) in [6.45, 7) is 0.0764. The minimum absolute atomic E-state index is 0.158. The molecule has 1 amide bonds. The van der Waals surface area contributed by atoms with Gasteiger partial charge in [-0.15, -0.1) is 0 Å². The van der Waals surface area contributed by atoms with E-state index in [9.17, 15) is 18.0 Å². The van der Waals surface area contributed by atoms with Gasteiger partial charge in [0.05, 0.1) is 12.7 Å². The van der Waals surface area contributed by atoms with Gasteiger partial charge in [-0.2, -0.15) is 13.2 Å². The molecule has 0 aromatic heterocycles. The molecule has 0 bridgehead atoms. The summed E-state index contributed by atoms with van der Waals surface area (Å²) < 4.78 is 51.0. The first-order valence-electron chi connectivity index (χ1n) is 9.20. The third kappa shape index (κ3) is 7.15. The quantitative estimate of drug-likeness (QED) is 0.534. The van der Waals surface area contributed by atoms with Crippen LogP contribution in [0.4, 0.5) is 23.7 Å². The van der Waals surface area contributed by atoms with E-state index in [2.05, 4.69) is 5.32 Å². The summed E-state index contributed by atoms with van der Waals surface area (Å²) in [5.74, 6) is 0. The van der Waals surface area contributed by atoms with Gasteiger partial charge in [-0.3, -0.25) is 10.2 Å². The van der Waals surface area contributed by atoms with E-state index in [0.717, 1.165) is 0 Å². The Balaban J connectivity index is 1.64. The van der Waals surface area contributed by atoms with E-state index in [1.165, 1.54) is 29.2 Å². The van der Waals surface area contributed by atoms with E-state index in [-0.39, 0.29) is 25.4 Å². The Morgan fingerprint density at radius 3 is 2.39 bits per heavy atom. The number of carbonyl (C=O) groups excluding carboxylic acids is 1. The standard InChI is InChI=1S/C20H18Cl3F3N2O3/c21-13-1-3-16(4-2-13)27-19(29)31-18(20(24,25)26)11-28-5-6-30-17(10-28)12-7-14(22)9-15(23)8-12/h1-4,7-9,17-18H,5-6,10-11H2,(H,27,29)/t17?,18-/m0/s1. The average molecular weight is 498 g/mol. The minimum Gasteiger partial charge on any atom is -0.435 e. The second-order valence-electron chi connectivity index (χ2n) is 6.89. The summed E-state index contributed by atoms with van der Waals surface area (Å²) in [6, 6.07) is 10.8. The highest BCUT2D eigenvalue weighted by Gasteiger charge is 2.44. The first kappa shape index (κ1) is 23.9. The molecule has 1 N–H and O–H groups in total. The second kappa shape index (κ2) is 10.3. The van der Waals surface area contributed by atoms with E-state index in [1.54, 1.807) is 18.2 Å². The highest BCUT2D eigenvalue weighted by Crippen LogP contribution is 2.30. The Labute approximate surface area is 192 Å². The average Bonchev–Trinajstić information content (AvgIpc) is 2.68. The number of benzene rings is 2. The molecule has 2 aromatic rings. The number of ether oxygens (including phenoxy) is 2. The van der Waals surface area contributed by atoms with Crippen LogP contribution in [0.5, 0.6) is 0 Å². The van der Waals surface area contributed by atoms with Crippen molar-refractivity contribution >= 4 is 46.6 Å². The maximum Gasteiger partial charge on any atom is 0.426 e. The summed E-state index contributed by atoms with van der Waals surface area (Å²) in [5.41, 5.74) is 0.923. The van der Waals surface area contributed by atoms with E-state index < -0.39 is 31.0 Å². The van der Waals surface area contributed by atoms with Crippen LogP contribution in [0.15, 0.2) is 42.5 Å². The van der Waals surface area contributed by atoms with Gasteiger partial charge in [0, 0.05) is 40.4 Å². The van der Waals surface area contributed by atoms with Crippen molar-refractivity contribution < 1.29 is 27.4 Å². The van der Waals surface area contributed by atoms with Crippen molar-refractivity contribution in [2.45, 2.75) is 18.4 Å². The molecule has 1 heterocycles. The van der Waals surface area contributed by atoms with Crippen molar-refractivity contribution in [2.24, 2.45) is 0 Å². The SMILES string of the molecule is O=C(Nc1ccc(Cl)cc1)O[C@@H](CN1CCOC(c2cc(Cl)cc(Cl)c2)C1)C(F)(F)F. The molecule has 1 aliphatic heterocycles. The van der Waals surface area contributed by atoms with Gasteiger partial charge in [0.25, 0.3) is 0 Å². The van der Waals surface area contributed by atoms with Crippen LogP contribution in [0.2, 0.25) is 15.1 Å². The zero-order valence-corrected chi connectivity index (χ0v) is 18.2. The summed E-state index contributed by atoms with van der Waals surface area (Å²) in [7, 11) is 0. The zero-order chi connectivity index (χ0) is 22.6. The number of alkyl halides is 3. The Hall–Kier alpha value is -1.71. The van der Waals surface area contributed by atoms with Gasteiger partial charge in [0.2, 0.25) is 6.10 Å². The summed E-state index contributed by atoms with van der Waals surface area (Å²) >= 11 is 17.8. The molecule has 31 heavy (non-hydrogen) atoms. The number of halogens is 6. The Kier molecular flexibility index (Phi) is 7.93. The molecule has 2 aromatic carbocycles. The second-order valence-corrected chi connectivity index (χ2v) is 8.20. The van der Waals surface area contributed by atoms with Crippen molar-refractivity contribution in [1.29, 1.82) is 0 Å². The summed E-state index contributed by atoms with van der Waals surface area (Å²) in [6.07, 6.45) is -8.79. The predicted molar refractivity (Wildman–Crippen MR) is 113 cm³/mol. The highest BCUT2D eigenvalue weighted by molar-refractivity contribution is 6.34. The van der Waals surface area contributed by atoms with Crippen LogP contribution in [0.3, 0.4) is 0 Å². The number of carbonyl (C=O) groups is 1. The maximum absolute atomic E-state index is 13.5. The fraction of sp³-hybridized carbons (Fsp3) is 0.350. The van der Waals surface area contributed by atoms with Crippen LogP contribution >= 0.6 is 34.8 Å². The summed E-state index contributed by atoms with van der Waals surface area (Å²) in [5, 5.41) is 3.49. The van der Waals surface area contributed by atoms with Crippen molar-refractivity contribution in [1.82, 2.24) is 4.90 Å². The fourth-order valence-electron chi connectivity index (χ4n) is 3.08. The molecular weight excluding hydrogens is 480 g/mol. The molecule has 3 rings (SSSR count). The molecule has 1 unspecified atom stereocenters. The number of hydrogen-bond acceptors (Lipinski definition) is 4.